The number of anilines is 2. The predicted molar refractivity (Wildman–Crippen MR) is 105 cm³/mol. The lowest BCUT2D eigenvalue weighted by Crippen LogP contribution is -1.97. The lowest BCUT2D eigenvalue weighted by Gasteiger charge is -2.07. The van der Waals surface area contributed by atoms with E-state index in [0.29, 0.717) is 0 Å². The molecule has 0 amide bonds. The summed E-state index contributed by atoms with van der Waals surface area (Å²) in [4.78, 5) is 4.71. The van der Waals surface area contributed by atoms with Gasteiger partial charge in [0.15, 0.2) is 5.13 Å². The van der Waals surface area contributed by atoms with Gasteiger partial charge in [-0.05, 0) is 43.5 Å². The molecule has 0 aliphatic rings. The second-order valence-electron chi connectivity index (χ2n) is 6.12. The summed E-state index contributed by atoms with van der Waals surface area (Å²) >= 11 is 1.58. The van der Waals surface area contributed by atoms with Crippen LogP contribution < -0.4 is 5.32 Å². The summed E-state index contributed by atoms with van der Waals surface area (Å²) in [6.45, 7) is 6.22. The van der Waals surface area contributed by atoms with Crippen LogP contribution in [0.15, 0.2) is 47.8 Å². The zero-order valence-electron chi connectivity index (χ0n) is 14.4. The van der Waals surface area contributed by atoms with E-state index < -0.39 is 0 Å². The lowest BCUT2D eigenvalue weighted by atomic mass is 10.0. The van der Waals surface area contributed by atoms with E-state index in [1.165, 1.54) is 5.56 Å². The fourth-order valence-corrected chi connectivity index (χ4v) is 3.62. The van der Waals surface area contributed by atoms with Crippen molar-refractivity contribution >= 4 is 33.1 Å². The molecule has 0 aliphatic heterocycles. The molecule has 0 atom stereocenters. The van der Waals surface area contributed by atoms with Gasteiger partial charge < -0.3 is 5.32 Å². The first-order chi connectivity index (χ1) is 12.1. The molecule has 2 aromatic carbocycles. The minimum atomic E-state index is 0.840. The fourth-order valence-electron chi connectivity index (χ4n) is 2.91. The summed E-state index contributed by atoms with van der Waals surface area (Å²) in [5, 5.41) is 16.3. The highest BCUT2D eigenvalue weighted by Gasteiger charge is 2.13. The van der Waals surface area contributed by atoms with Crippen molar-refractivity contribution in [1.29, 1.82) is 0 Å². The highest BCUT2D eigenvalue weighted by Crippen LogP contribution is 2.31. The number of fused-ring (bicyclic) bond motifs is 1. The van der Waals surface area contributed by atoms with E-state index in [1.54, 1.807) is 11.3 Å². The average Bonchev–Trinajstić information content (AvgIpc) is 3.06. The van der Waals surface area contributed by atoms with E-state index in [4.69, 9.17) is 4.98 Å². The van der Waals surface area contributed by atoms with E-state index in [0.717, 1.165) is 44.2 Å². The molecule has 0 bridgehead atoms. The molecule has 1 N–H and O–H groups in total. The first-order valence-corrected chi connectivity index (χ1v) is 9.02. The predicted octanol–water partition coefficient (Wildman–Crippen LogP) is 5.42. The Morgan fingerprint density at radius 2 is 1.68 bits per heavy atom. The monoisotopic (exact) mass is 346 g/mol. The Morgan fingerprint density at radius 1 is 0.880 bits per heavy atom. The van der Waals surface area contributed by atoms with Crippen LogP contribution in [-0.4, -0.2) is 15.2 Å². The maximum absolute atomic E-state index is 4.71. The minimum absolute atomic E-state index is 0.840. The van der Waals surface area contributed by atoms with E-state index in [1.807, 2.05) is 17.5 Å². The zero-order chi connectivity index (χ0) is 17.4. The van der Waals surface area contributed by atoms with Crippen LogP contribution in [0.1, 0.15) is 16.7 Å². The molecule has 2 aromatic heterocycles. The largest absolute Gasteiger partial charge is 0.331 e. The molecule has 0 saturated heterocycles. The number of rotatable bonds is 3. The molecule has 0 spiro atoms. The van der Waals surface area contributed by atoms with Crippen LogP contribution in [0.3, 0.4) is 0 Å². The highest BCUT2D eigenvalue weighted by molar-refractivity contribution is 7.14. The summed E-state index contributed by atoms with van der Waals surface area (Å²) in [6.07, 6.45) is 0. The second-order valence-corrected chi connectivity index (χ2v) is 6.98. The third-order valence-electron chi connectivity index (χ3n) is 4.38. The summed E-state index contributed by atoms with van der Waals surface area (Å²) in [5.41, 5.74) is 7.16. The van der Waals surface area contributed by atoms with Crippen LogP contribution >= 0.6 is 11.3 Å². The highest BCUT2D eigenvalue weighted by atomic mass is 32.1. The molecular formula is C20H18N4S. The number of aryl methyl sites for hydroxylation is 3. The number of nitrogens with one attached hydrogen (secondary N) is 1. The van der Waals surface area contributed by atoms with Gasteiger partial charge in [0.25, 0.3) is 0 Å². The Kier molecular flexibility index (Phi) is 3.93. The molecule has 4 aromatic rings. The van der Waals surface area contributed by atoms with Crippen molar-refractivity contribution < 1.29 is 0 Å². The smallest absolute Gasteiger partial charge is 0.187 e. The maximum Gasteiger partial charge on any atom is 0.187 e. The van der Waals surface area contributed by atoms with Crippen molar-refractivity contribution in [2.45, 2.75) is 20.8 Å². The average molecular weight is 346 g/mol. The summed E-state index contributed by atoms with van der Waals surface area (Å²) in [7, 11) is 0. The van der Waals surface area contributed by atoms with Crippen LogP contribution in [0.2, 0.25) is 0 Å². The minimum Gasteiger partial charge on any atom is -0.331 e. The molecule has 0 fully saturated rings. The number of hydrogen-bond acceptors (Lipinski definition) is 5. The van der Waals surface area contributed by atoms with Gasteiger partial charge in [-0.25, -0.2) is 4.98 Å². The van der Waals surface area contributed by atoms with Gasteiger partial charge in [-0.3, -0.25) is 0 Å². The topological polar surface area (TPSA) is 50.7 Å². The Bertz CT molecular complexity index is 1070. The first kappa shape index (κ1) is 15.7. The van der Waals surface area contributed by atoms with Crippen LogP contribution in [0.5, 0.6) is 0 Å². The zero-order valence-corrected chi connectivity index (χ0v) is 15.2. The van der Waals surface area contributed by atoms with E-state index in [-0.39, 0.29) is 0 Å². The number of hydrogen-bond donors (Lipinski definition) is 1. The fraction of sp³-hybridized carbons (Fsp3) is 0.150. The van der Waals surface area contributed by atoms with Crippen molar-refractivity contribution in [3.05, 3.63) is 64.5 Å². The summed E-state index contributed by atoms with van der Waals surface area (Å²) in [5.74, 6) is 0. The van der Waals surface area contributed by atoms with Crippen LogP contribution in [0, 0.1) is 20.8 Å². The van der Waals surface area contributed by atoms with E-state index in [2.05, 4.69) is 66.6 Å². The lowest BCUT2D eigenvalue weighted by molar-refractivity contribution is 1.05. The standard InChI is InChI=1S/C20H18N4S/c1-12-7-4-5-10-16(12)21-20-22-17(11-25-20)19-14(3)15-9-6-8-13(2)18(15)23-24-19/h4-11H,1-3H3,(H,21,22). The van der Waals surface area contributed by atoms with E-state index >= 15 is 0 Å². The van der Waals surface area contributed by atoms with Gasteiger partial charge >= 0.3 is 0 Å². The molecular weight excluding hydrogens is 328 g/mol. The van der Waals surface area contributed by atoms with Crippen molar-refractivity contribution in [1.82, 2.24) is 15.2 Å². The SMILES string of the molecule is Cc1ccccc1Nc1nc(-c2nnc3c(C)cccc3c2C)cs1. The molecule has 124 valence electrons. The molecule has 4 rings (SSSR count). The molecule has 0 unspecified atom stereocenters. The number of benzene rings is 2. The van der Waals surface area contributed by atoms with Gasteiger partial charge in [-0.15, -0.1) is 21.5 Å². The van der Waals surface area contributed by atoms with Crippen molar-refractivity contribution in [3.8, 4) is 11.4 Å². The molecule has 0 radical (unpaired) electrons. The maximum atomic E-state index is 4.71. The third kappa shape index (κ3) is 2.87. The third-order valence-corrected chi connectivity index (χ3v) is 5.14. The van der Waals surface area contributed by atoms with Crippen molar-refractivity contribution in [2.24, 2.45) is 0 Å². The van der Waals surface area contributed by atoms with Crippen molar-refractivity contribution in [2.75, 3.05) is 5.32 Å². The quantitative estimate of drug-likeness (QED) is 0.538. The van der Waals surface area contributed by atoms with Crippen LogP contribution in [0.25, 0.3) is 22.3 Å². The van der Waals surface area contributed by atoms with Gasteiger partial charge in [0, 0.05) is 16.5 Å². The van der Waals surface area contributed by atoms with Gasteiger partial charge in [-0.1, -0.05) is 36.4 Å². The number of aromatic nitrogens is 3. The van der Waals surface area contributed by atoms with Gasteiger partial charge in [-0.2, -0.15) is 0 Å². The number of nitrogens with zero attached hydrogens (tertiary/aromatic N) is 3. The molecule has 0 aliphatic carbocycles. The Labute approximate surface area is 150 Å². The van der Waals surface area contributed by atoms with Crippen LogP contribution in [0.4, 0.5) is 10.8 Å². The Balaban J connectivity index is 1.72. The Morgan fingerprint density at radius 3 is 2.52 bits per heavy atom. The normalized spacial score (nSPS) is 11.0. The molecule has 4 nitrogen and oxygen atoms in total. The second kappa shape index (κ2) is 6.26. The summed E-state index contributed by atoms with van der Waals surface area (Å²) < 4.78 is 0. The Hall–Kier alpha value is -2.79. The van der Waals surface area contributed by atoms with Crippen LogP contribution in [-0.2, 0) is 0 Å². The molecule has 2 heterocycles. The number of thiazole rings is 1. The van der Waals surface area contributed by atoms with Gasteiger partial charge in [0.2, 0.25) is 0 Å². The van der Waals surface area contributed by atoms with Gasteiger partial charge in [0.05, 0.1) is 5.52 Å². The number of para-hydroxylation sites is 1. The first-order valence-electron chi connectivity index (χ1n) is 8.14. The van der Waals surface area contributed by atoms with Crippen molar-refractivity contribution in [3.63, 3.8) is 0 Å². The molecule has 0 saturated carbocycles. The van der Waals surface area contributed by atoms with Gasteiger partial charge in [0.1, 0.15) is 11.4 Å². The molecule has 5 heteroatoms. The summed E-state index contributed by atoms with van der Waals surface area (Å²) in [6, 6.07) is 14.4. The van der Waals surface area contributed by atoms with E-state index in [9.17, 15) is 0 Å². The molecule has 25 heavy (non-hydrogen) atoms.